The van der Waals surface area contributed by atoms with Gasteiger partial charge in [0.15, 0.2) is 6.10 Å². The highest BCUT2D eigenvalue weighted by Crippen LogP contribution is 2.39. The highest BCUT2D eigenvalue weighted by molar-refractivity contribution is 7.92. The lowest BCUT2D eigenvalue weighted by atomic mass is 10.1. The van der Waals surface area contributed by atoms with Gasteiger partial charge < -0.3 is 10.1 Å². The molecule has 2 aliphatic heterocycles. The van der Waals surface area contributed by atoms with E-state index in [1.54, 1.807) is 42.5 Å². The Morgan fingerprint density at radius 1 is 1.00 bits per heavy atom. The molecule has 9 heteroatoms. The number of nitrogens with zero attached hydrogens (tertiary/aromatic N) is 2. The number of halogens is 1. The number of anilines is 1. The van der Waals surface area contributed by atoms with E-state index in [1.807, 2.05) is 19.1 Å². The van der Waals surface area contributed by atoms with Crippen molar-refractivity contribution in [1.29, 1.82) is 0 Å². The molecular formula is C28H30ClN3O4S. The van der Waals surface area contributed by atoms with Crippen LogP contribution in [-0.4, -0.2) is 45.0 Å². The smallest absolute Gasteiger partial charge is 0.264 e. The molecule has 1 fully saturated rings. The van der Waals surface area contributed by atoms with Crippen molar-refractivity contribution >= 4 is 33.2 Å². The number of amides is 1. The summed E-state index contributed by atoms with van der Waals surface area (Å²) in [6.07, 6.45) is 1.51. The molecule has 0 radical (unpaired) electrons. The van der Waals surface area contributed by atoms with Gasteiger partial charge in [0.2, 0.25) is 0 Å². The third-order valence-electron chi connectivity index (χ3n) is 6.79. The van der Waals surface area contributed by atoms with E-state index in [9.17, 15) is 13.2 Å². The number of aryl methyl sites for hydroxylation is 1. The normalized spacial score (nSPS) is 17.8. The SMILES string of the molecule is Cc1ccc(S(=O)(=O)N2C[C@@H](C(=O)NCc3ccc(CN4CCCC4)cc3)Oc3ccc(Cl)cc32)cc1. The average Bonchev–Trinajstić information content (AvgIpc) is 3.41. The van der Waals surface area contributed by atoms with Gasteiger partial charge in [-0.2, -0.15) is 0 Å². The molecule has 37 heavy (non-hydrogen) atoms. The lowest BCUT2D eigenvalue weighted by molar-refractivity contribution is -0.127. The molecule has 1 amide bonds. The van der Waals surface area contributed by atoms with Crippen LogP contribution >= 0.6 is 11.6 Å². The first kappa shape index (κ1) is 25.6. The molecule has 2 aliphatic rings. The zero-order valence-corrected chi connectivity index (χ0v) is 22.3. The van der Waals surface area contributed by atoms with Gasteiger partial charge in [0.05, 0.1) is 17.1 Å². The van der Waals surface area contributed by atoms with E-state index in [0.717, 1.165) is 30.8 Å². The number of carbonyl (C=O) groups excluding carboxylic acids is 1. The van der Waals surface area contributed by atoms with Crippen LogP contribution in [0.4, 0.5) is 5.69 Å². The number of hydrogen-bond donors (Lipinski definition) is 1. The summed E-state index contributed by atoms with van der Waals surface area (Å²) in [5.41, 5.74) is 3.47. The van der Waals surface area contributed by atoms with Crippen LogP contribution < -0.4 is 14.4 Å². The maximum atomic E-state index is 13.6. The first-order valence-corrected chi connectivity index (χ1v) is 14.2. The van der Waals surface area contributed by atoms with Gasteiger partial charge in [0, 0.05) is 18.1 Å². The Bertz CT molecular complexity index is 1370. The van der Waals surface area contributed by atoms with Crippen LogP contribution in [0.15, 0.2) is 71.6 Å². The van der Waals surface area contributed by atoms with Crippen molar-refractivity contribution in [3.63, 3.8) is 0 Å². The highest BCUT2D eigenvalue weighted by Gasteiger charge is 2.37. The third kappa shape index (κ3) is 5.76. The van der Waals surface area contributed by atoms with Gasteiger partial charge in [0.25, 0.3) is 15.9 Å². The largest absolute Gasteiger partial charge is 0.476 e. The first-order valence-electron chi connectivity index (χ1n) is 12.4. The Kier molecular flexibility index (Phi) is 7.42. The molecule has 7 nitrogen and oxygen atoms in total. The van der Waals surface area contributed by atoms with Crippen LogP contribution in [0.25, 0.3) is 0 Å². The monoisotopic (exact) mass is 539 g/mol. The molecule has 2 heterocycles. The molecule has 0 unspecified atom stereocenters. The van der Waals surface area contributed by atoms with E-state index in [1.165, 1.54) is 22.7 Å². The minimum absolute atomic E-state index is 0.138. The number of fused-ring (bicyclic) bond motifs is 1. The van der Waals surface area contributed by atoms with Crippen LogP contribution in [-0.2, 0) is 27.9 Å². The van der Waals surface area contributed by atoms with Gasteiger partial charge in [-0.3, -0.25) is 14.0 Å². The number of sulfonamides is 1. The van der Waals surface area contributed by atoms with Crippen molar-refractivity contribution in [2.75, 3.05) is 23.9 Å². The quantitative estimate of drug-likeness (QED) is 0.478. The predicted molar refractivity (Wildman–Crippen MR) is 144 cm³/mol. The van der Waals surface area contributed by atoms with Crippen LogP contribution in [0.1, 0.15) is 29.5 Å². The zero-order valence-electron chi connectivity index (χ0n) is 20.7. The van der Waals surface area contributed by atoms with E-state index in [2.05, 4.69) is 22.3 Å². The molecule has 3 aromatic rings. The number of nitrogens with one attached hydrogen (secondary N) is 1. The molecule has 0 aliphatic carbocycles. The molecule has 0 saturated carbocycles. The summed E-state index contributed by atoms with van der Waals surface area (Å²) in [5.74, 6) is -0.0939. The summed E-state index contributed by atoms with van der Waals surface area (Å²) in [7, 11) is -3.95. The predicted octanol–water partition coefficient (Wildman–Crippen LogP) is 4.52. The highest BCUT2D eigenvalue weighted by atomic mass is 35.5. The Labute approximate surface area is 223 Å². The van der Waals surface area contributed by atoms with Crippen molar-refractivity contribution in [3.05, 3.63) is 88.4 Å². The molecule has 3 aromatic carbocycles. The van der Waals surface area contributed by atoms with Gasteiger partial charge in [-0.15, -0.1) is 0 Å². The molecule has 0 bridgehead atoms. The Morgan fingerprint density at radius 2 is 1.68 bits per heavy atom. The molecule has 1 N–H and O–H groups in total. The lowest BCUT2D eigenvalue weighted by Crippen LogP contribution is -2.50. The number of carbonyl (C=O) groups is 1. The summed E-state index contributed by atoms with van der Waals surface area (Å²) in [6, 6.07) is 19.6. The van der Waals surface area contributed by atoms with Crippen molar-refractivity contribution < 1.29 is 17.9 Å². The first-order chi connectivity index (χ1) is 17.8. The van der Waals surface area contributed by atoms with Gasteiger partial charge in [-0.1, -0.05) is 53.6 Å². The molecule has 0 aromatic heterocycles. The maximum absolute atomic E-state index is 13.6. The molecule has 1 atom stereocenters. The zero-order chi connectivity index (χ0) is 26.0. The third-order valence-corrected chi connectivity index (χ3v) is 8.82. The Morgan fingerprint density at radius 3 is 2.38 bits per heavy atom. The minimum atomic E-state index is -3.95. The molecule has 194 valence electrons. The summed E-state index contributed by atoms with van der Waals surface area (Å²) in [4.78, 5) is 15.7. The second-order valence-corrected chi connectivity index (χ2v) is 11.9. The number of hydrogen-bond acceptors (Lipinski definition) is 5. The number of ether oxygens (including phenoxy) is 1. The minimum Gasteiger partial charge on any atom is -0.476 e. The fourth-order valence-electron chi connectivity index (χ4n) is 4.69. The summed E-state index contributed by atoms with van der Waals surface area (Å²) < 4.78 is 34.3. The average molecular weight is 540 g/mol. The number of rotatable bonds is 7. The second-order valence-electron chi connectivity index (χ2n) is 9.59. The van der Waals surface area contributed by atoms with Gasteiger partial charge in [-0.25, -0.2) is 8.42 Å². The van der Waals surface area contributed by atoms with Crippen LogP contribution in [0, 0.1) is 6.92 Å². The van der Waals surface area contributed by atoms with Crippen LogP contribution in [0.5, 0.6) is 5.75 Å². The van der Waals surface area contributed by atoms with E-state index in [0.29, 0.717) is 17.3 Å². The number of benzene rings is 3. The summed E-state index contributed by atoms with van der Waals surface area (Å²) in [6.45, 7) is 5.28. The number of likely N-dealkylation sites (tertiary alicyclic amines) is 1. The molecule has 5 rings (SSSR count). The van der Waals surface area contributed by atoms with Gasteiger partial charge in [0.1, 0.15) is 5.75 Å². The van der Waals surface area contributed by atoms with Crippen LogP contribution in [0.2, 0.25) is 5.02 Å². The van der Waals surface area contributed by atoms with E-state index in [4.69, 9.17) is 16.3 Å². The van der Waals surface area contributed by atoms with Crippen molar-refractivity contribution in [3.8, 4) is 5.75 Å². The van der Waals surface area contributed by atoms with Crippen molar-refractivity contribution in [2.24, 2.45) is 0 Å². The molecular weight excluding hydrogens is 510 g/mol. The van der Waals surface area contributed by atoms with Crippen LogP contribution in [0.3, 0.4) is 0 Å². The van der Waals surface area contributed by atoms with Crippen molar-refractivity contribution in [2.45, 2.75) is 43.9 Å². The standard InChI is InChI=1S/C28H30ClN3O4S/c1-20-4-11-24(12-5-20)37(34,35)32-19-27(36-26-13-10-23(29)16-25(26)32)28(33)30-17-21-6-8-22(9-7-21)18-31-14-2-3-15-31/h4-13,16,27H,2-3,14-15,17-19H2,1H3,(H,30,33)/t27-/m0/s1. The van der Waals surface area contributed by atoms with Crippen molar-refractivity contribution in [1.82, 2.24) is 10.2 Å². The van der Waals surface area contributed by atoms with E-state index in [-0.39, 0.29) is 23.1 Å². The van der Waals surface area contributed by atoms with E-state index >= 15 is 0 Å². The second kappa shape index (κ2) is 10.7. The fraction of sp³-hybridized carbons (Fsp3) is 0.321. The lowest BCUT2D eigenvalue weighted by Gasteiger charge is -2.35. The van der Waals surface area contributed by atoms with Gasteiger partial charge >= 0.3 is 0 Å². The van der Waals surface area contributed by atoms with Gasteiger partial charge in [-0.05, 0) is 74.3 Å². The topological polar surface area (TPSA) is 79.0 Å². The Hall–Kier alpha value is -3.07. The molecule has 0 spiro atoms. The summed E-state index contributed by atoms with van der Waals surface area (Å²) >= 11 is 6.17. The van der Waals surface area contributed by atoms with E-state index < -0.39 is 16.1 Å². The molecule has 1 saturated heterocycles. The fourth-order valence-corrected chi connectivity index (χ4v) is 6.32. The Balaban J connectivity index is 1.30. The summed E-state index contributed by atoms with van der Waals surface area (Å²) in [5, 5.41) is 3.28. The maximum Gasteiger partial charge on any atom is 0.264 e.